The lowest BCUT2D eigenvalue weighted by atomic mass is 10.1. The summed E-state index contributed by atoms with van der Waals surface area (Å²) in [6, 6.07) is 14.4. The number of esters is 1. The fraction of sp³-hybridized carbons (Fsp3) is 0.467. The Morgan fingerprint density at radius 1 is 0.775 bits per heavy atom. The van der Waals surface area contributed by atoms with Crippen LogP contribution in [0.3, 0.4) is 0 Å². The van der Waals surface area contributed by atoms with Gasteiger partial charge in [0.05, 0.1) is 19.2 Å². The number of nitrogens with one attached hydrogen (secondary N) is 2. The Balaban J connectivity index is 1.86. The van der Waals surface area contributed by atoms with E-state index in [0.29, 0.717) is 36.9 Å². The van der Waals surface area contributed by atoms with Crippen molar-refractivity contribution in [3.05, 3.63) is 65.2 Å². The first-order chi connectivity index (χ1) is 18.6. The molecule has 0 atom stereocenters. The van der Waals surface area contributed by atoms with Gasteiger partial charge in [-0.25, -0.2) is 24.8 Å². The van der Waals surface area contributed by atoms with Gasteiger partial charge >= 0.3 is 18.2 Å². The van der Waals surface area contributed by atoms with E-state index in [0.717, 1.165) is 16.1 Å². The van der Waals surface area contributed by atoms with Crippen molar-refractivity contribution in [3.8, 4) is 0 Å². The predicted molar refractivity (Wildman–Crippen MR) is 152 cm³/mol. The van der Waals surface area contributed by atoms with Crippen molar-refractivity contribution in [2.45, 2.75) is 78.4 Å². The molecule has 0 fully saturated rings. The zero-order valence-corrected chi connectivity index (χ0v) is 24.5. The number of hydrazine groups is 1. The number of nitrogens with zero attached hydrogens (tertiary/aromatic N) is 1. The molecule has 0 saturated heterocycles. The molecule has 2 N–H and O–H groups in total. The maximum Gasteiger partial charge on any atom is 0.429 e. The van der Waals surface area contributed by atoms with Crippen LogP contribution in [0.25, 0.3) is 0 Å². The number of benzene rings is 2. The summed E-state index contributed by atoms with van der Waals surface area (Å²) < 4.78 is 15.4. The van der Waals surface area contributed by atoms with Crippen LogP contribution in [0.15, 0.2) is 48.5 Å². The zero-order chi connectivity index (χ0) is 29.9. The van der Waals surface area contributed by atoms with Gasteiger partial charge in [-0.3, -0.25) is 4.79 Å². The summed E-state index contributed by atoms with van der Waals surface area (Å²) in [5.41, 5.74) is 4.09. The second-order valence-corrected chi connectivity index (χ2v) is 11.3. The minimum absolute atomic E-state index is 0.100. The average Bonchev–Trinajstić information content (AvgIpc) is 2.85. The molecule has 10 nitrogen and oxygen atoms in total. The predicted octanol–water partition coefficient (Wildman–Crippen LogP) is 5.65. The fourth-order valence-electron chi connectivity index (χ4n) is 3.52. The third-order valence-corrected chi connectivity index (χ3v) is 5.35. The van der Waals surface area contributed by atoms with Gasteiger partial charge in [-0.15, -0.1) is 0 Å². The maximum absolute atomic E-state index is 12.7. The second-order valence-electron chi connectivity index (χ2n) is 11.3. The molecular formula is C30H41N3O7. The van der Waals surface area contributed by atoms with Gasteiger partial charge < -0.3 is 19.5 Å². The molecule has 0 saturated carbocycles. The minimum Gasteiger partial charge on any atom is -0.465 e. The lowest BCUT2D eigenvalue weighted by Gasteiger charge is -2.28. The first kappa shape index (κ1) is 32.1. The van der Waals surface area contributed by atoms with Gasteiger partial charge in [-0.1, -0.05) is 24.3 Å². The van der Waals surface area contributed by atoms with Crippen molar-refractivity contribution < 1.29 is 33.4 Å². The van der Waals surface area contributed by atoms with Crippen molar-refractivity contribution >= 4 is 29.8 Å². The second kappa shape index (κ2) is 14.3. The van der Waals surface area contributed by atoms with Gasteiger partial charge in [0.25, 0.3) is 0 Å². The van der Waals surface area contributed by atoms with Crippen LogP contribution in [-0.4, -0.2) is 53.9 Å². The topological polar surface area (TPSA) is 123 Å². The summed E-state index contributed by atoms with van der Waals surface area (Å²) in [6.07, 6.45) is 0.697. The number of methoxy groups -OCH3 is 1. The summed E-state index contributed by atoms with van der Waals surface area (Å²) in [7, 11) is 1.34. The van der Waals surface area contributed by atoms with Crippen LogP contribution in [0, 0.1) is 0 Å². The molecule has 0 heterocycles. The summed E-state index contributed by atoms with van der Waals surface area (Å²) in [6.45, 7) is 10.6. The standard InChI is InChI=1S/C30H41N3O7/c1-29(2,3)39-27(36)32-33(28(37)40-30(4,5)6)20-19-22-13-17-24(18-14-22)31-25(34)10-8-9-21-11-15-23(16-12-21)26(35)38-7/h11-18H,8-10,19-20H2,1-7H3,(H,31,34)(H,32,36). The molecular weight excluding hydrogens is 514 g/mol. The molecule has 2 rings (SSSR count). The minimum atomic E-state index is -0.755. The number of anilines is 1. The van der Waals surface area contributed by atoms with Gasteiger partial charge in [-0.05, 0) is 96.2 Å². The normalized spacial score (nSPS) is 11.3. The van der Waals surface area contributed by atoms with Crippen LogP contribution in [0.1, 0.15) is 75.9 Å². The van der Waals surface area contributed by atoms with Gasteiger partial charge in [0, 0.05) is 12.1 Å². The lowest BCUT2D eigenvalue weighted by molar-refractivity contribution is -0.116. The Morgan fingerprint density at radius 2 is 1.32 bits per heavy atom. The molecule has 0 aliphatic carbocycles. The Kier molecular flexibility index (Phi) is 11.5. The molecule has 0 bridgehead atoms. The molecule has 0 spiro atoms. The highest BCUT2D eigenvalue weighted by Crippen LogP contribution is 2.15. The maximum atomic E-state index is 12.7. The molecule has 0 aliphatic heterocycles. The van der Waals surface area contributed by atoms with Gasteiger partial charge in [0.1, 0.15) is 11.2 Å². The number of carbonyl (C=O) groups is 4. The highest BCUT2D eigenvalue weighted by Gasteiger charge is 2.25. The highest BCUT2D eigenvalue weighted by molar-refractivity contribution is 5.90. The van der Waals surface area contributed by atoms with E-state index in [-0.39, 0.29) is 18.4 Å². The van der Waals surface area contributed by atoms with E-state index in [1.165, 1.54) is 7.11 Å². The molecule has 10 heteroatoms. The van der Waals surface area contributed by atoms with Crippen molar-refractivity contribution in [1.82, 2.24) is 10.4 Å². The largest absolute Gasteiger partial charge is 0.465 e. The SMILES string of the molecule is COC(=O)c1ccc(CCCC(=O)Nc2ccc(CCN(NC(=O)OC(C)(C)C)C(=O)OC(C)(C)C)cc2)cc1. The van der Waals surface area contributed by atoms with Crippen LogP contribution < -0.4 is 10.7 Å². The number of rotatable bonds is 9. The van der Waals surface area contributed by atoms with E-state index in [9.17, 15) is 19.2 Å². The number of ether oxygens (including phenoxy) is 3. The Labute approximate surface area is 236 Å². The summed E-state index contributed by atoms with van der Waals surface area (Å²) in [5.74, 6) is -0.480. The van der Waals surface area contributed by atoms with Crippen LogP contribution in [0.5, 0.6) is 0 Å². The van der Waals surface area contributed by atoms with Crippen molar-refractivity contribution in [2.24, 2.45) is 0 Å². The van der Waals surface area contributed by atoms with E-state index < -0.39 is 23.4 Å². The first-order valence-electron chi connectivity index (χ1n) is 13.2. The van der Waals surface area contributed by atoms with Crippen molar-refractivity contribution in [3.63, 3.8) is 0 Å². The van der Waals surface area contributed by atoms with Gasteiger partial charge in [0.15, 0.2) is 0 Å². The molecule has 0 aromatic heterocycles. The summed E-state index contributed by atoms with van der Waals surface area (Å²) in [4.78, 5) is 48.8. The Bertz CT molecular complexity index is 1150. The quantitative estimate of drug-likeness (QED) is 0.233. The van der Waals surface area contributed by atoms with E-state index in [1.54, 1.807) is 65.8 Å². The van der Waals surface area contributed by atoms with Crippen LogP contribution in [-0.2, 0) is 31.8 Å². The van der Waals surface area contributed by atoms with E-state index in [2.05, 4.69) is 10.7 Å². The van der Waals surface area contributed by atoms with E-state index in [4.69, 9.17) is 14.2 Å². The lowest BCUT2D eigenvalue weighted by Crippen LogP contribution is -2.50. The number of carbonyl (C=O) groups excluding carboxylic acids is 4. The van der Waals surface area contributed by atoms with Gasteiger partial charge in [-0.2, -0.15) is 0 Å². The third-order valence-electron chi connectivity index (χ3n) is 5.35. The summed E-state index contributed by atoms with van der Waals surface area (Å²) >= 11 is 0. The third kappa shape index (κ3) is 12.2. The Morgan fingerprint density at radius 3 is 1.88 bits per heavy atom. The molecule has 218 valence electrons. The van der Waals surface area contributed by atoms with Crippen molar-refractivity contribution in [1.29, 1.82) is 0 Å². The first-order valence-corrected chi connectivity index (χ1v) is 13.2. The summed E-state index contributed by atoms with van der Waals surface area (Å²) in [5, 5.41) is 3.98. The monoisotopic (exact) mass is 555 g/mol. The number of hydrogen-bond donors (Lipinski definition) is 2. The molecule has 0 unspecified atom stereocenters. The Hall–Kier alpha value is -4.08. The molecule has 40 heavy (non-hydrogen) atoms. The highest BCUT2D eigenvalue weighted by atomic mass is 16.6. The van der Waals surface area contributed by atoms with E-state index in [1.807, 2.05) is 24.3 Å². The fourth-order valence-corrected chi connectivity index (χ4v) is 3.52. The molecule has 2 aromatic rings. The number of hydrogen-bond acceptors (Lipinski definition) is 7. The van der Waals surface area contributed by atoms with Crippen LogP contribution >= 0.6 is 0 Å². The number of amides is 3. The van der Waals surface area contributed by atoms with Gasteiger partial charge in [0.2, 0.25) is 5.91 Å². The van der Waals surface area contributed by atoms with Crippen LogP contribution in [0.4, 0.5) is 15.3 Å². The average molecular weight is 556 g/mol. The zero-order valence-electron chi connectivity index (χ0n) is 24.5. The van der Waals surface area contributed by atoms with Crippen LogP contribution in [0.2, 0.25) is 0 Å². The molecule has 0 aliphatic rings. The van der Waals surface area contributed by atoms with E-state index >= 15 is 0 Å². The number of aryl methyl sites for hydroxylation is 1. The molecule has 2 aromatic carbocycles. The molecule has 3 amide bonds. The van der Waals surface area contributed by atoms with Crippen molar-refractivity contribution in [2.75, 3.05) is 19.0 Å². The smallest absolute Gasteiger partial charge is 0.429 e. The molecule has 0 radical (unpaired) electrons.